The van der Waals surface area contributed by atoms with E-state index in [2.05, 4.69) is 26.5 Å². The van der Waals surface area contributed by atoms with Crippen LogP contribution in [0.1, 0.15) is 33.1 Å². The van der Waals surface area contributed by atoms with Crippen molar-refractivity contribution in [2.24, 2.45) is 5.92 Å². The second-order valence-electron chi connectivity index (χ2n) is 3.37. The molecule has 0 radical (unpaired) electrons. The van der Waals surface area contributed by atoms with Gasteiger partial charge in [-0.1, -0.05) is 23.8 Å². The van der Waals surface area contributed by atoms with Crippen LogP contribution < -0.4 is 0 Å². The van der Waals surface area contributed by atoms with E-state index in [1.54, 1.807) is 5.57 Å². The molecule has 1 unspecified atom stereocenters. The Morgan fingerprint density at radius 2 is 2.27 bits per heavy atom. The van der Waals surface area contributed by atoms with E-state index in [-0.39, 0.29) is 12.4 Å². The normalized spacial score (nSPS) is 23.5. The van der Waals surface area contributed by atoms with Gasteiger partial charge in [-0.3, -0.25) is 0 Å². The summed E-state index contributed by atoms with van der Waals surface area (Å²) >= 11 is 0. The summed E-state index contributed by atoms with van der Waals surface area (Å²) in [5, 5.41) is 0. The number of hydrogen-bond acceptors (Lipinski definition) is 0. The number of allylic oxidation sites excluding steroid dienone is 3. The monoisotopic (exact) mass is 172 g/mol. The third-order valence-electron chi connectivity index (χ3n) is 2.33. The van der Waals surface area contributed by atoms with Crippen molar-refractivity contribution >= 4 is 12.4 Å². The van der Waals surface area contributed by atoms with Gasteiger partial charge in [0.05, 0.1) is 0 Å². The van der Waals surface area contributed by atoms with E-state index >= 15 is 0 Å². The summed E-state index contributed by atoms with van der Waals surface area (Å²) in [4.78, 5) is 0. The van der Waals surface area contributed by atoms with Crippen molar-refractivity contribution in [3.05, 3.63) is 23.8 Å². The van der Waals surface area contributed by atoms with Crippen LogP contribution in [0, 0.1) is 5.92 Å². The SMILES string of the molecule is C=C(C)C1CC=C(C)CC1.Cl. The Labute approximate surface area is 75.8 Å². The zero-order valence-electron chi connectivity index (χ0n) is 7.39. The molecule has 0 spiro atoms. The van der Waals surface area contributed by atoms with E-state index in [0.29, 0.717) is 0 Å². The molecule has 0 nitrogen and oxygen atoms in total. The third-order valence-corrected chi connectivity index (χ3v) is 2.33. The molecule has 64 valence electrons. The van der Waals surface area contributed by atoms with Gasteiger partial charge in [0, 0.05) is 0 Å². The van der Waals surface area contributed by atoms with Crippen molar-refractivity contribution in [3.63, 3.8) is 0 Å². The molecule has 1 atom stereocenters. The van der Waals surface area contributed by atoms with Crippen LogP contribution in [0.4, 0.5) is 0 Å². The molecular formula is C10H17Cl. The molecule has 0 bridgehead atoms. The van der Waals surface area contributed by atoms with Crippen LogP contribution in [0.3, 0.4) is 0 Å². The topological polar surface area (TPSA) is 0 Å². The van der Waals surface area contributed by atoms with Gasteiger partial charge in [0.2, 0.25) is 0 Å². The maximum absolute atomic E-state index is 3.97. The fourth-order valence-corrected chi connectivity index (χ4v) is 1.41. The highest BCUT2D eigenvalue weighted by atomic mass is 35.5. The Bertz CT molecular complexity index is 168. The minimum atomic E-state index is 0. The summed E-state index contributed by atoms with van der Waals surface area (Å²) in [7, 11) is 0. The van der Waals surface area contributed by atoms with E-state index in [9.17, 15) is 0 Å². The molecule has 0 aromatic heterocycles. The predicted molar refractivity (Wildman–Crippen MR) is 53.2 cm³/mol. The number of halogens is 1. The average molecular weight is 173 g/mol. The van der Waals surface area contributed by atoms with Crippen molar-refractivity contribution in [3.8, 4) is 0 Å². The van der Waals surface area contributed by atoms with Crippen molar-refractivity contribution in [2.45, 2.75) is 33.1 Å². The molecule has 1 rings (SSSR count). The maximum Gasteiger partial charge on any atom is -0.0171 e. The summed E-state index contributed by atoms with van der Waals surface area (Å²) in [6, 6.07) is 0. The van der Waals surface area contributed by atoms with E-state index in [1.165, 1.54) is 24.8 Å². The first kappa shape index (κ1) is 10.8. The minimum Gasteiger partial charge on any atom is -0.147 e. The Hall–Kier alpha value is -0.230. The molecule has 0 heterocycles. The molecule has 1 aliphatic carbocycles. The van der Waals surface area contributed by atoms with Crippen molar-refractivity contribution in [1.82, 2.24) is 0 Å². The summed E-state index contributed by atoms with van der Waals surface area (Å²) < 4.78 is 0. The zero-order chi connectivity index (χ0) is 7.56. The zero-order valence-corrected chi connectivity index (χ0v) is 8.21. The first-order chi connectivity index (χ1) is 4.70. The fraction of sp³-hybridized carbons (Fsp3) is 0.600. The van der Waals surface area contributed by atoms with Crippen LogP contribution in [0.25, 0.3) is 0 Å². The van der Waals surface area contributed by atoms with Gasteiger partial charge in [0.1, 0.15) is 0 Å². The van der Waals surface area contributed by atoms with Crippen LogP contribution >= 0.6 is 12.4 Å². The Morgan fingerprint density at radius 3 is 2.64 bits per heavy atom. The van der Waals surface area contributed by atoms with Crippen LogP contribution in [0.15, 0.2) is 23.8 Å². The Kier molecular flexibility index (Phi) is 4.51. The van der Waals surface area contributed by atoms with Gasteiger partial charge in [0.25, 0.3) is 0 Å². The maximum atomic E-state index is 3.97. The molecule has 0 saturated carbocycles. The summed E-state index contributed by atoms with van der Waals surface area (Å²) in [5.74, 6) is 0.767. The summed E-state index contributed by atoms with van der Waals surface area (Å²) in [6.07, 6.45) is 6.17. The lowest BCUT2D eigenvalue weighted by Crippen LogP contribution is -2.04. The minimum absolute atomic E-state index is 0. The summed E-state index contributed by atoms with van der Waals surface area (Å²) in [6.45, 7) is 8.33. The van der Waals surface area contributed by atoms with E-state index < -0.39 is 0 Å². The van der Waals surface area contributed by atoms with Crippen LogP contribution in [0.5, 0.6) is 0 Å². The number of hydrogen-bond donors (Lipinski definition) is 0. The molecule has 0 aliphatic heterocycles. The molecule has 11 heavy (non-hydrogen) atoms. The number of rotatable bonds is 1. The molecule has 0 saturated heterocycles. The third kappa shape index (κ3) is 3.11. The van der Waals surface area contributed by atoms with Crippen LogP contribution in [-0.2, 0) is 0 Å². The van der Waals surface area contributed by atoms with Gasteiger partial charge in [-0.15, -0.1) is 12.4 Å². The molecular weight excluding hydrogens is 156 g/mol. The van der Waals surface area contributed by atoms with Crippen LogP contribution in [0.2, 0.25) is 0 Å². The van der Waals surface area contributed by atoms with Crippen molar-refractivity contribution < 1.29 is 0 Å². The van der Waals surface area contributed by atoms with E-state index in [0.717, 1.165) is 5.92 Å². The second kappa shape index (κ2) is 4.61. The van der Waals surface area contributed by atoms with E-state index in [1.807, 2.05) is 0 Å². The molecule has 0 fully saturated rings. The second-order valence-corrected chi connectivity index (χ2v) is 3.37. The molecule has 0 aromatic rings. The van der Waals surface area contributed by atoms with E-state index in [4.69, 9.17) is 0 Å². The van der Waals surface area contributed by atoms with Gasteiger partial charge in [0.15, 0.2) is 0 Å². The first-order valence-corrected chi connectivity index (χ1v) is 4.01. The lowest BCUT2D eigenvalue weighted by molar-refractivity contribution is 0.540. The summed E-state index contributed by atoms with van der Waals surface area (Å²) in [5.41, 5.74) is 2.90. The predicted octanol–water partition coefficient (Wildman–Crippen LogP) is 3.73. The lowest BCUT2D eigenvalue weighted by Gasteiger charge is -2.19. The average Bonchev–Trinajstić information content (AvgIpc) is 1.88. The van der Waals surface area contributed by atoms with Gasteiger partial charge >= 0.3 is 0 Å². The highest BCUT2D eigenvalue weighted by Crippen LogP contribution is 2.27. The van der Waals surface area contributed by atoms with Crippen molar-refractivity contribution in [1.29, 1.82) is 0 Å². The molecule has 0 N–H and O–H groups in total. The molecule has 1 heteroatoms. The Balaban J connectivity index is 0.000001000. The largest absolute Gasteiger partial charge is 0.147 e. The first-order valence-electron chi connectivity index (χ1n) is 4.01. The van der Waals surface area contributed by atoms with Gasteiger partial charge < -0.3 is 0 Å². The van der Waals surface area contributed by atoms with Gasteiger partial charge in [-0.05, 0) is 39.0 Å². The van der Waals surface area contributed by atoms with Gasteiger partial charge in [-0.2, -0.15) is 0 Å². The lowest BCUT2D eigenvalue weighted by atomic mass is 9.86. The highest BCUT2D eigenvalue weighted by Gasteiger charge is 2.11. The quantitative estimate of drug-likeness (QED) is 0.529. The fourth-order valence-electron chi connectivity index (χ4n) is 1.41. The molecule has 0 amide bonds. The standard InChI is InChI=1S/C10H16.ClH/c1-8(2)10-6-4-9(3)5-7-10;/h4,10H,1,5-7H2,2-3H3;1H. The van der Waals surface area contributed by atoms with Gasteiger partial charge in [-0.25, -0.2) is 0 Å². The Morgan fingerprint density at radius 1 is 1.64 bits per heavy atom. The van der Waals surface area contributed by atoms with Crippen LogP contribution in [-0.4, -0.2) is 0 Å². The van der Waals surface area contributed by atoms with Crippen molar-refractivity contribution in [2.75, 3.05) is 0 Å². The highest BCUT2D eigenvalue weighted by molar-refractivity contribution is 5.85. The smallest absolute Gasteiger partial charge is 0.0171 e. The molecule has 1 aliphatic rings. The molecule has 0 aromatic carbocycles.